The molecule has 2 heteroatoms. The van der Waals surface area contributed by atoms with Crippen LogP contribution in [0.4, 0.5) is 0 Å². The van der Waals surface area contributed by atoms with E-state index in [4.69, 9.17) is 0 Å². The summed E-state index contributed by atoms with van der Waals surface area (Å²) < 4.78 is 0. The van der Waals surface area contributed by atoms with Gasteiger partial charge in [-0.15, -0.1) is 0 Å². The summed E-state index contributed by atoms with van der Waals surface area (Å²) in [5.41, 5.74) is 2.37. The van der Waals surface area contributed by atoms with Gasteiger partial charge in [-0.05, 0) is 36.4 Å². The second kappa shape index (κ2) is 5.87. The highest BCUT2D eigenvalue weighted by Crippen LogP contribution is 2.31. The summed E-state index contributed by atoms with van der Waals surface area (Å²) in [6, 6.07) is 8.52. The zero-order valence-corrected chi connectivity index (χ0v) is 12.3. The number of ketones is 1. The summed E-state index contributed by atoms with van der Waals surface area (Å²) in [5.74, 6) is 0.947. The fraction of sp³-hybridized carbons (Fsp3) is 0.588. The highest BCUT2D eigenvalue weighted by molar-refractivity contribution is 5.87. The average molecular weight is 259 g/mol. The van der Waals surface area contributed by atoms with Crippen LogP contribution in [0.25, 0.3) is 0 Å². The van der Waals surface area contributed by atoms with E-state index >= 15 is 0 Å². The summed E-state index contributed by atoms with van der Waals surface area (Å²) in [6.45, 7) is 8.35. The molecule has 1 aromatic carbocycles. The van der Waals surface area contributed by atoms with E-state index in [9.17, 15) is 4.79 Å². The smallest absolute Gasteiger partial charge is 0.144 e. The molecule has 2 rings (SSSR count). The Balaban J connectivity index is 2.06. The summed E-state index contributed by atoms with van der Waals surface area (Å²) in [7, 11) is 0. The van der Waals surface area contributed by atoms with Crippen molar-refractivity contribution in [2.75, 3.05) is 13.1 Å². The van der Waals surface area contributed by atoms with E-state index in [2.05, 4.69) is 50.4 Å². The standard InChI is InChI=1S/C17H25NO/c1-4-17(9-10-18-12-17)16(19)11-14-5-7-15(8-6-14)13(2)3/h5-8,13,18H,4,9-12H2,1-3H3. The lowest BCUT2D eigenvalue weighted by molar-refractivity contribution is -0.127. The summed E-state index contributed by atoms with van der Waals surface area (Å²) >= 11 is 0. The zero-order chi connectivity index (χ0) is 13.9. The first-order valence-corrected chi connectivity index (χ1v) is 7.40. The molecule has 0 saturated carbocycles. The van der Waals surface area contributed by atoms with Crippen molar-refractivity contribution < 1.29 is 4.79 Å². The van der Waals surface area contributed by atoms with Crippen molar-refractivity contribution in [2.45, 2.75) is 46.0 Å². The molecule has 104 valence electrons. The van der Waals surface area contributed by atoms with Crippen LogP contribution in [-0.2, 0) is 11.2 Å². The summed E-state index contributed by atoms with van der Waals surface area (Å²) in [4.78, 5) is 12.5. The van der Waals surface area contributed by atoms with Gasteiger partial charge in [-0.25, -0.2) is 0 Å². The molecule has 1 heterocycles. The van der Waals surface area contributed by atoms with E-state index < -0.39 is 0 Å². The van der Waals surface area contributed by atoms with Crippen LogP contribution in [0.1, 0.15) is 50.7 Å². The fourth-order valence-electron chi connectivity index (χ4n) is 2.87. The third-order valence-electron chi connectivity index (χ3n) is 4.52. The van der Waals surface area contributed by atoms with Gasteiger partial charge < -0.3 is 5.32 Å². The maximum absolute atomic E-state index is 12.5. The molecular formula is C17H25NO. The zero-order valence-electron chi connectivity index (χ0n) is 12.3. The van der Waals surface area contributed by atoms with Gasteiger partial charge in [0.25, 0.3) is 0 Å². The maximum atomic E-state index is 12.5. The predicted octanol–water partition coefficient (Wildman–Crippen LogP) is 3.31. The fourth-order valence-corrected chi connectivity index (χ4v) is 2.87. The van der Waals surface area contributed by atoms with Crippen LogP contribution in [0.15, 0.2) is 24.3 Å². The van der Waals surface area contributed by atoms with Gasteiger partial charge in [-0.3, -0.25) is 4.79 Å². The van der Waals surface area contributed by atoms with Crippen molar-refractivity contribution in [1.29, 1.82) is 0 Å². The number of nitrogens with one attached hydrogen (secondary N) is 1. The first kappa shape index (κ1) is 14.3. The van der Waals surface area contributed by atoms with Crippen LogP contribution in [0.3, 0.4) is 0 Å². The van der Waals surface area contributed by atoms with Crippen molar-refractivity contribution in [3.63, 3.8) is 0 Å². The largest absolute Gasteiger partial charge is 0.316 e. The van der Waals surface area contributed by atoms with E-state index in [1.165, 1.54) is 5.56 Å². The van der Waals surface area contributed by atoms with Crippen LogP contribution < -0.4 is 5.32 Å². The lowest BCUT2D eigenvalue weighted by Crippen LogP contribution is -2.34. The van der Waals surface area contributed by atoms with E-state index in [0.29, 0.717) is 18.1 Å². The Labute approximate surface area is 116 Å². The van der Waals surface area contributed by atoms with Gasteiger partial charge in [-0.1, -0.05) is 45.0 Å². The number of benzene rings is 1. The predicted molar refractivity (Wildman–Crippen MR) is 79.5 cm³/mol. The molecule has 1 unspecified atom stereocenters. The number of hydrogen-bond acceptors (Lipinski definition) is 2. The first-order valence-electron chi connectivity index (χ1n) is 7.40. The molecule has 0 aromatic heterocycles. The molecule has 1 saturated heterocycles. The molecule has 0 amide bonds. The van der Waals surface area contributed by atoms with Crippen molar-refractivity contribution in [2.24, 2.45) is 5.41 Å². The van der Waals surface area contributed by atoms with Crippen molar-refractivity contribution in [3.8, 4) is 0 Å². The molecule has 1 aliphatic rings. The normalized spacial score (nSPS) is 22.9. The van der Waals surface area contributed by atoms with E-state index in [1.807, 2.05) is 0 Å². The minimum Gasteiger partial charge on any atom is -0.316 e. The molecule has 19 heavy (non-hydrogen) atoms. The molecular weight excluding hydrogens is 234 g/mol. The van der Waals surface area contributed by atoms with Crippen molar-refractivity contribution in [1.82, 2.24) is 5.32 Å². The van der Waals surface area contributed by atoms with Crippen LogP contribution in [0.2, 0.25) is 0 Å². The van der Waals surface area contributed by atoms with Crippen LogP contribution in [0, 0.1) is 5.41 Å². The summed E-state index contributed by atoms with van der Waals surface area (Å²) in [5, 5.41) is 3.33. The minimum absolute atomic E-state index is 0.114. The molecule has 0 spiro atoms. The highest BCUT2D eigenvalue weighted by atomic mass is 16.1. The van der Waals surface area contributed by atoms with Gasteiger partial charge in [0, 0.05) is 18.4 Å². The monoisotopic (exact) mass is 259 g/mol. The quantitative estimate of drug-likeness (QED) is 0.879. The SMILES string of the molecule is CCC1(C(=O)Cc2ccc(C(C)C)cc2)CCNC1. The molecule has 1 fully saturated rings. The minimum atomic E-state index is -0.114. The Morgan fingerprint density at radius 1 is 1.32 bits per heavy atom. The second-order valence-corrected chi connectivity index (χ2v) is 6.06. The van der Waals surface area contributed by atoms with Gasteiger partial charge in [0.15, 0.2) is 0 Å². The third kappa shape index (κ3) is 3.06. The molecule has 0 aliphatic carbocycles. The molecule has 1 atom stereocenters. The third-order valence-corrected chi connectivity index (χ3v) is 4.52. The molecule has 2 nitrogen and oxygen atoms in total. The molecule has 1 aliphatic heterocycles. The van der Waals surface area contributed by atoms with Crippen LogP contribution >= 0.6 is 0 Å². The van der Waals surface area contributed by atoms with Crippen molar-refractivity contribution >= 4 is 5.78 Å². The van der Waals surface area contributed by atoms with E-state index in [-0.39, 0.29) is 5.41 Å². The van der Waals surface area contributed by atoms with E-state index in [0.717, 1.165) is 31.5 Å². The summed E-state index contributed by atoms with van der Waals surface area (Å²) in [6.07, 6.45) is 2.52. The number of carbonyl (C=O) groups excluding carboxylic acids is 1. The molecule has 1 aromatic rings. The number of carbonyl (C=O) groups is 1. The van der Waals surface area contributed by atoms with Crippen molar-refractivity contribution in [3.05, 3.63) is 35.4 Å². The lowest BCUT2D eigenvalue weighted by Gasteiger charge is -2.25. The maximum Gasteiger partial charge on any atom is 0.144 e. The number of hydrogen-bond donors (Lipinski definition) is 1. The lowest BCUT2D eigenvalue weighted by atomic mass is 9.78. The van der Waals surface area contributed by atoms with Gasteiger partial charge in [-0.2, -0.15) is 0 Å². The Morgan fingerprint density at radius 3 is 2.47 bits per heavy atom. The van der Waals surface area contributed by atoms with Gasteiger partial charge in [0.05, 0.1) is 0 Å². The first-order chi connectivity index (χ1) is 9.07. The Morgan fingerprint density at radius 2 is 2.00 bits per heavy atom. The Bertz CT molecular complexity index is 427. The number of rotatable bonds is 5. The van der Waals surface area contributed by atoms with E-state index in [1.54, 1.807) is 0 Å². The molecule has 0 bridgehead atoms. The Kier molecular flexibility index (Phi) is 4.41. The molecule has 0 radical (unpaired) electrons. The second-order valence-electron chi connectivity index (χ2n) is 6.06. The van der Waals surface area contributed by atoms with Crippen LogP contribution in [-0.4, -0.2) is 18.9 Å². The molecule has 1 N–H and O–H groups in total. The Hall–Kier alpha value is -1.15. The van der Waals surface area contributed by atoms with Gasteiger partial charge >= 0.3 is 0 Å². The van der Waals surface area contributed by atoms with Gasteiger partial charge in [0.1, 0.15) is 5.78 Å². The van der Waals surface area contributed by atoms with Gasteiger partial charge in [0.2, 0.25) is 0 Å². The number of Topliss-reactive ketones (excluding diaryl/α,β-unsaturated/α-hetero) is 1. The average Bonchev–Trinajstić information content (AvgIpc) is 2.89. The topological polar surface area (TPSA) is 29.1 Å². The van der Waals surface area contributed by atoms with Crippen LogP contribution in [0.5, 0.6) is 0 Å². The highest BCUT2D eigenvalue weighted by Gasteiger charge is 2.38.